The molecular formula is C23H25NO4S. The third kappa shape index (κ3) is 5.01. The Kier molecular flexibility index (Phi) is 6.64. The number of nitrogens with zero attached hydrogens (tertiary/aromatic N) is 1. The second kappa shape index (κ2) is 9.18. The highest BCUT2D eigenvalue weighted by Crippen LogP contribution is 2.28. The summed E-state index contributed by atoms with van der Waals surface area (Å²) in [6, 6.07) is 18.4. The van der Waals surface area contributed by atoms with Crippen molar-refractivity contribution < 1.29 is 18.0 Å². The van der Waals surface area contributed by atoms with Gasteiger partial charge in [0.25, 0.3) is 5.91 Å². The molecule has 0 radical (unpaired) electrons. The first-order chi connectivity index (χ1) is 13.9. The zero-order valence-electron chi connectivity index (χ0n) is 16.5. The lowest BCUT2D eigenvalue weighted by Crippen LogP contribution is -2.51. The van der Waals surface area contributed by atoms with E-state index in [1.807, 2.05) is 67.6 Å². The van der Waals surface area contributed by atoms with Gasteiger partial charge in [0.15, 0.2) is 9.84 Å². The molecule has 1 atom stereocenters. The van der Waals surface area contributed by atoms with Gasteiger partial charge in [-0.1, -0.05) is 74.0 Å². The maximum absolute atomic E-state index is 13.1. The van der Waals surface area contributed by atoms with E-state index >= 15 is 0 Å². The molecule has 0 N–H and O–H groups in total. The molecule has 2 amide bonds. The molecule has 6 heteroatoms. The molecule has 152 valence electrons. The van der Waals surface area contributed by atoms with Gasteiger partial charge in [0, 0.05) is 12.0 Å². The Hall–Kier alpha value is -2.73. The molecule has 1 fully saturated rings. The van der Waals surface area contributed by atoms with Gasteiger partial charge < -0.3 is 0 Å². The quantitative estimate of drug-likeness (QED) is 0.515. The van der Waals surface area contributed by atoms with E-state index in [2.05, 4.69) is 0 Å². The second-order valence-electron chi connectivity index (χ2n) is 7.21. The van der Waals surface area contributed by atoms with Gasteiger partial charge in [-0.15, -0.1) is 0 Å². The third-order valence-corrected chi connectivity index (χ3v) is 7.10. The van der Waals surface area contributed by atoms with Gasteiger partial charge in [-0.2, -0.15) is 0 Å². The fraction of sp³-hybridized carbons (Fsp3) is 0.304. The standard InChI is InChI=1S/C23H25NO4S/c1-2-3-14-29(27,28)21-16-20(15-18-10-6-4-7-11-18)22(25)24(23(21)26)17-19-12-8-5-9-13-19/h4-13,15,21H,2-3,14,16-17H2,1H3/b20-15+. The minimum Gasteiger partial charge on any atom is -0.273 e. The van der Waals surface area contributed by atoms with Crippen molar-refractivity contribution >= 4 is 27.7 Å². The number of hydrogen-bond donors (Lipinski definition) is 0. The number of likely N-dealkylation sites (tertiary alicyclic amines) is 1. The van der Waals surface area contributed by atoms with Crippen LogP contribution >= 0.6 is 0 Å². The van der Waals surface area contributed by atoms with E-state index < -0.39 is 26.9 Å². The fourth-order valence-corrected chi connectivity index (χ4v) is 5.22. The normalized spacial score (nSPS) is 19.0. The number of benzene rings is 2. The maximum Gasteiger partial charge on any atom is 0.256 e. The van der Waals surface area contributed by atoms with Crippen LogP contribution in [0.3, 0.4) is 0 Å². The summed E-state index contributed by atoms with van der Waals surface area (Å²) >= 11 is 0. The van der Waals surface area contributed by atoms with Crippen LogP contribution in [0.15, 0.2) is 66.2 Å². The number of hydrogen-bond acceptors (Lipinski definition) is 4. The zero-order chi connectivity index (χ0) is 20.9. The molecule has 2 aromatic rings. The number of piperidine rings is 1. The summed E-state index contributed by atoms with van der Waals surface area (Å²) in [6.07, 6.45) is 2.83. The first-order valence-electron chi connectivity index (χ1n) is 9.79. The summed E-state index contributed by atoms with van der Waals surface area (Å²) in [7, 11) is -3.65. The highest BCUT2D eigenvalue weighted by atomic mass is 32.2. The van der Waals surface area contributed by atoms with Crippen molar-refractivity contribution in [2.24, 2.45) is 0 Å². The smallest absolute Gasteiger partial charge is 0.256 e. The predicted octanol–water partition coefficient (Wildman–Crippen LogP) is 3.61. The van der Waals surface area contributed by atoms with Gasteiger partial charge in [0.1, 0.15) is 5.25 Å². The van der Waals surface area contributed by atoms with Crippen molar-refractivity contribution in [3.8, 4) is 0 Å². The van der Waals surface area contributed by atoms with Gasteiger partial charge in [0.05, 0.1) is 12.3 Å². The van der Waals surface area contributed by atoms with Gasteiger partial charge >= 0.3 is 0 Å². The van der Waals surface area contributed by atoms with Crippen molar-refractivity contribution in [2.45, 2.75) is 38.0 Å². The van der Waals surface area contributed by atoms with Gasteiger partial charge in [-0.3, -0.25) is 14.5 Å². The number of amides is 2. The molecule has 3 rings (SSSR count). The fourth-order valence-electron chi connectivity index (χ4n) is 3.38. The number of carbonyl (C=O) groups is 2. The monoisotopic (exact) mass is 411 g/mol. The predicted molar refractivity (Wildman–Crippen MR) is 114 cm³/mol. The Morgan fingerprint density at radius 3 is 2.24 bits per heavy atom. The first-order valence-corrected chi connectivity index (χ1v) is 11.5. The van der Waals surface area contributed by atoms with E-state index in [9.17, 15) is 18.0 Å². The van der Waals surface area contributed by atoms with E-state index in [4.69, 9.17) is 0 Å². The molecule has 0 spiro atoms. The Morgan fingerprint density at radius 1 is 1.00 bits per heavy atom. The van der Waals surface area contributed by atoms with Crippen molar-refractivity contribution in [1.82, 2.24) is 4.90 Å². The van der Waals surface area contributed by atoms with Crippen LogP contribution in [0.2, 0.25) is 0 Å². The summed E-state index contributed by atoms with van der Waals surface area (Å²) in [5.74, 6) is -1.10. The Bertz CT molecular complexity index is 998. The van der Waals surface area contributed by atoms with Crippen molar-refractivity contribution in [2.75, 3.05) is 5.75 Å². The van der Waals surface area contributed by atoms with Crippen LogP contribution in [-0.4, -0.2) is 36.1 Å². The van der Waals surface area contributed by atoms with Gasteiger partial charge in [0.2, 0.25) is 5.91 Å². The summed E-state index contributed by atoms with van der Waals surface area (Å²) in [6.45, 7) is 1.97. The van der Waals surface area contributed by atoms with E-state index in [1.54, 1.807) is 6.08 Å². The molecule has 0 aliphatic carbocycles. The molecule has 0 aromatic heterocycles. The summed E-state index contributed by atoms with van der Waals surface area (Å²) < 4.78 is 25.7. The van der Waals surface area contributed by atoms with Crippen LogP contribution in [0, 0.1) is 0 Å². The van der Waals surface area contributed by atoms with Crippen molar-refractivity contribution in [3.63, 3.8) is 0 Å². The van der Waals surface area contributed by atoms with Crippen LogP contribution in [0.4, 0.5) is 0 Å². The molecule has 29 heavy (non-hydrogen) atoms. The van der Waals surface area contributed by atoms with Crippen LogP contribution in [0.1, 0.15) is 37.3 Å². The zero-order valence-corrected chi connectivity index (χ0v) is 17.3. The molecular weight excluding hydrogens is 386 g/mol. The molecule has 0 saturated carbocycles. The molecule has 1 aliphatic rings. The average molecular weight is 412 g/mol. The minimum absolute atomic E-state index is 0.0497. The highest BCUT2D eigenvalue weighted by molar-refractivity contribution is 7.92. The molecule has 1 aliphatic heterocycles. The van der Waals surface area contributed by atoms with Crippen molar-refractivity contribution in [3.05, 3.63) is 77.4 Å². The summed E-state index contributed by atoms with van der Waals surface area (Å²) in [5, 5.41) is -1.22. The largest absolute Gasteiger partial charge is 0.273 e. The minimum atomic E-state index is -3.65. The average Bonchev–Trinajstić information content (AvgIpc) is 2.73. The van der Waals surface area contributed by atoms with Crippen LogP contribution in [0.5, 0.6) is 0 Å². The van der Waals surface area contributed by atoms with Crippen molar-refractivity contribution in [1.29, 1.82) is 0 Å². The number of sulfone groups is 1. The molecule has 2 aromatic carbocycles. The molecule has 0 bridgehead atoms. The van der Waals surface area contributed by atoms with Gasteiger partial charge in [-0.05, 0) is 23.6 Å². The van der Waals surface area contributed by atoms with E-state index in [0.29, 0.717) is 12.0 Å². The number of unbranched alkanes of at least 4 members (excludes halogenated alkanes) is 1. The SMILES string of the molecule is CCCCS(=O)(=O)C1C/C(=C\c2ccccc2)C(=O)N(Cc2ccccc2)C1=O. The first kappa shape index (κ1) is 21.0. The lowest BCUT2D eigenvalue weighted by molar-refractivity contribution is -0.145. The van der Waals surface area contributed by atoms with Gasteiger partial charge in [-0.25, -0.2) is 8.42 Å². The van der Waals surface area contributed by atoms with Crippen LogP contribution in [0.25, 0.3) is 6.08 Å². The molecule has 1 unspecified atom stereocenters. The lowest BCUT2D eigenvalue weighted by atomic mass is 9.99. The maximum atomic E-state index is 13.1. The number of rotatable bonds is 7. The number of imide groups is 1. The Balaban J connectivity index is 1.99. The molecule has 1 heterocycles. The van der Waals surface area contributed by atoms with E-state index in [1.165, 1.54) is 0 Å². The third-order valence-electron chi connectivity index (χ3n) is 5.01. The highest BCUT2D eigenvalue weighted by Gasteiger charge is 2.43. The lowest BCUT2D eigenvalue weighted by Gasteiger charge is -2.32. The summed E-state index contributed by atoms with van der Waals surface area (Å²) in [4.78, 5) is 27.2. The topological polar surface area (TPSA) is 71.5 Å². The molecule has 5 nitrogen and oxygen atoms in total. The van der Waals surface area contributed by atoms with Crippen LogP contribution < -0.4 is 0 Å². The Morgan fingerprint density at radius 2 is 1.62 bits per heavy atom. The van der Waals surface area contributed by atoms with Crippen LogP contribution in [-0.2, 0) is 26.0 Å². The second-order valence-corrected chi connectivity index (χ2v) is 9.51. The number of carbonyl (C=O) groups excluding carboxylic acids is 2. The van der Waals surface area contributed by atoms with E-state index in [0.717, 1.165) is 22.4 Å². The summed E-state index contributed by atoms with van der Waals surface area (Å²) in [5.41, 5.74) is 1.92. The Labute approximate surface area is 172 Å². The molecule has 1 saturated heterocycles. The van der Waals surface area contributed by atoms with E-state index in [-0.39, 0.29) is 18.7 Å².